The highest BCUT2D eigenvalue weighted by Gasteiger charge is 2.19. The molecule has 1 aromatic rings. The Kier molecular flexibility index (Phi) is 4.78. The number of benzene rings is 1. The summed E-state index contributed by atoms with van der Waals surface area (Å²) in [4.78, 5) is 10.4. The molecule has 20 heavy (non-hydrogen) atoms. The molecule has 0 bridgehead atoms. The van der Waals surface area contributed by atoms with Crippen molar-refractivity contribution in [2.45, 2.75) is 31.8 Å². The molecule has 104 valence electrons. The Morgan fingerprint density at radius 3 is 2.85 bits per heavy atom. The number of allylic oxidation sites excluding steroid dienone is 2. The molecule has 0 fully saturated rings. The van der Waals surface area contributed by atoms with E-state index in [9.17, 15) is 15.2 Å². The standard InChI is InChI=1S/C15H14ClNO3/c16-12-7-8-14(17(19)20)13(10-12)15(18)9-6-11-4-2-1-3-5-11/h4,7-8,10,15,18H,1-3,5H2. The summed E-state index contributed by atoms with van der Waals surface area (Å²) in [6.07, 6.45) is 4.99. The highest BCUT2D eigenvalue weighted by Crippen LogP contribution is 2.28. The Morgan fingerprint density at radius 2 is 2.20 bits per heavy atom. The molecule has 5 heteroatoms. The minimum Gasteiger partial charge on any atom is -0.376 e. The lowest BCUT2D eigenvalue weighted by Gasteiger charge is -2.07. The van der Waals surface area contributed by atoms with Crippen molar-refractivity contribution in [3.05, 3.63) is 50.5 Å². The predicted molar refractivity (Wildman–Crippen MR) is 77.4 cm³/mol. The summed E-state index contributed by atoms with van der Waals surface area (Å²) in [5.74, 6) is 5.57. The van der Waals surface area contributed by atoms with E-state index in [1.165, 1.54) is 18.2 Å². The van der Waals surface area contributed by atoms with Gasteiger partial charge in [-0.2, -0.15) is 0 Å². The van der Waals surface area contributed by atoms with Gasteiger partial charge >= 0.3 is 0 Å². The van der Waals surface area contributed by atoms with Gasteiger partial charge in [-0.05, 0) is 43.4 Å². The van der Waals surface area contributed by atoms with Crippen LogP contribution in [-0.2, 0) is 0 Å². The number of hydrogen-bond acceptors (Lipinski definition) is 3. The van der Waals surface area contributed by atoms with E-state index in [1.54, 1.807) is 0 Å². The molecule has 0 aromatic heterocycles. The zero-order valence-electron chi connectivity index (χ0n) is 10.8. The maximum Gasteiger partial charge on any atom is 0.276 e. The summed E-state index contributed by atoms with van der Waals surface area (Å²) in [7, 11) is 0. The molecule has 0 saturated carbocycles. The van der Waals surface area contributed by atoms with Crippen molar-refractivity contribution in [1.82, 2.24) is 0 Å². The third kappa shape index (κ3) is 3.60. The highest BCUT2D eigenvalue weighted by molar-refractivity contribution is 6.30. The van der Waals surface area contributed by atoms with Crippen molar-refractivity contribution in [1.29, 1.82) is 0 Å². The van der Waals surface area contributed by atoms with E-state index in [1.807, 2.05) is 0 Å². The SMILES string of the molecule is O=[N+]([O-])c1ccc(Cl)cc1C(O)C#CC1=CCCCC1. The normalized spacial score (nSPS) is 15.8. The molecule has 1 aliphatic rings. The fraction of sp³-hybridized carbons (Fsp3) is 0.333. The van der Waals surface area contributed by atoms with Crippen molar-refractivity contribution < 1.29 is 10.0 Å². The highest BCUT2D eigenvalue weighted by atomic mass is 35.5. The quantitative estimate of drug-likeness (QED) is 0.512. The maximum absolute atomic E-state index is 10.9. The molecule has 0 saturated heterocycles. The van der Waals surface area contributed by atoms with Crippen molar-refractivity contribution in [3.63, 3.8) is 0 Å². The summed E-state index contributed by atoms with van der Waals surface area (Å²) in [6.45, 7) is 0. The molecule has 1 N–H and O–H groups in total. The third-order valence-electron chi connectivity index (χ3n) is 3.14. The van der Waals surface area contributed by atoms with Crippen molar-refractivity contribution in [2.75, 3.05) is 0 Å². The molecule has 2 rings (SSSR count). The van der Waals surface area contributed by atoms with E-state index in [2.05, 4.69) is 17.9 Å². The fourth-order valence-electron chi connectivity index (χ4n) is 2.10. The topological polar surface area (TPSA) is 63.4 Å². The van der Waals surface area contributed by atoms with E-state index >= 15 is 0 Å². The first kappa shape index (κ1) is 14.6. The second-order valence-corrected chi connectivity index (χ2v) is 5.04. The molecular formula is C15H14ClNO3. The van der Waals surface area contributed by atoms with Crippen LogP contribution in [0.3, 0.4) is 0 Å². The first-order valence-electron chi connectivity index (χ1n) is 6.40. The Morgan fingerprint density at radius 1 is 1.40 bits per heavy atom. The molecule has 0 heterocycles. The van der Waals surface area contributed by atoms with Gasteiger partial charge in [0.2, 0.25) is 0 Å². The number of nitrogens with zero attached hydrogens (tertiary/aromatic N) is 1. The molecule has 0 spiro atoms. The molecule has 1 aliphatic carbocycles. The van der Waals surface area contributed by atoms with Crippen LogP contribution in [0.25, 0.3) is 0 Å². The van der Waals surface area contributed by atoms with Crippen LogP contribution in [0.1, 0.15) is 37.4 Å². The van der Waals surface area contributed by atoms with Crippen LogP contribution in [0.5, 0.6) is 0 Å². The largest absolute Gasteiger partial charge is 0.376 e. The zero-order valence-corrected chi connectivity index (χ0v) is 11.6. The monoisotopic (exact) mass is 291 g/mol. The Labute approximate surface area is 122 Å². The van der Waals surface area contributed by atoms with E-state index in [4.69, 9.17) is 11.6 Å². The fourth-order valence-corrected chi connectivity index (χ4v) is 2.28. The van der Waals surface area contributed by atoms with Crippen LogP contribution < -0.4 is 0 Å². The molecule has 1 unspecified atom stereocenters. The van der Waals surface area contributed by atoms with Crippen LogP contribution in [-0.4, -0.2) is 10.0 Å². The minimum atomic E-state index is -1.21. The average molecular weight is 292 g/mol. The van der Waals surface area contributed by atoms with Crippen molar-refractivity contribution >= 4 is 17.3 Å². The molecule has 0 aliphatic heterocycles. The van der Waals surface area contributed by atoms with Gasteiger partial charge < -0.3 is 5.11 Å². The molecular weight excluding hydrogens is 278 g/mol. The number of aliphatic hydroxyl groups excluding tert-OH is 1. The summed E-state index contributed by atoms with van der Waals surface area (Å²) < 4.78 is 0. The number of nitro groups is 1. The van der Waals surface area contributed by atoms with Gasteiger partial charge in [0.05, 0.1) is 10.5 Å². The Balaban J connectivity index is 2.27. The number of halogens is 1. The first-order chi connectivity index (χ1) is 9.58. The van der Waals surface area contributed by atoms with Gasteiger partial charge in [-0.25, -0.2) is 0 Å². The second-order valence-electron chi connectivity index (χ2n) is 4.61. The van der Waals surface area contributed by atoms with E-state index in [0.29, 0.717) is 5.02 Å². The number of aliphatic hydroxyl groups is 1. The van der Waals surface area contributed by atoms with Gasteiger partial charge in [0.25, 0.3) is 5.69 Å². The van der Waals surface area contributed by atoms with Crippen molar-refractivity contribution in [2.24, 2.45) is 0 Å². The first-order valence-corrected chi connectivity index (χ1v) is 6.78. The van der Waals surface area contributed by atoms with Gasteiger partial charge in [0.15, 0.2) is 0 Å². The average Bonchev–Trinajstić information content (AvgIpc) is 2.45. The van der Waals surface area contributed by atoms with E-state index in [-0.39, 0.29) is 11.3 Å². The lowest BCUT2D eigenvalue weighted by Crippen LogP contribution is -2.01. The van der Waals surface area contributed by atoms with Crippen LogP contribution in [0.2, 0.25) is 5.02 Å². The summed E-state index contributed by atoms with van der Waals surface area (Å²) in [5.41, 5.74) is 0.945. The lowest BCUT2D eigenvalue weighted by atomic mass is 9.99. The number of hydrogen-bond donors (Lipinski definition) is 1. The van der Waals surface area contributed by atoms with Gasteiger partial charge in [0.1, 0.15) is 6.10 Å². The summed E-state index contributed by atoms with van der Waals surface area (Å²) >= 11 is 5.82. The van der Waals surface area contributed by atoms with Crippen LogP contribution >= 0.6 is 11.6 Å². The van der Waals surface area contributed by atoms with E-state index in [0.717, 1.165) is 31.3 Å². The molecule has 1 aromatic carbocycles. The van der Waals surface area contributed by atoms with E-state index < -0.39 is 11.0 Å². The third-order valence-corrected chi connectivity index (χ3v) is 3.38. The minimum absolute atomic E-state index is 0.131. The molecule has 0 amide bonds. The summed E-state index contributed by atoms with van der Waals surface area (Å²) in [6, 6.07) is 4.09. The van der Waals surface area contributed by atoms with Crippen LogP contribution in [0, 0.1) is 22.0 Å². The number of rotatable bonds is 2. The van der Waals surface area contributed by atoms with Gasteiger partial charge in [-0.1, -0.05) is 29.5 Å². The Bertz CT molecular complexity index is 613. The van der Waals surface area contributed by atoms with Gasteiger partial charge in [-0.15, -0.1) is 0 Å². The van der Waals surface area contributed by atoms with Gasteiger partial charge in [-0.3, -0.25) is 10.1 Å². The van der Waals surface area contributed by atoms with Crippen LogP contribution in [0.15, 0.2) is 29.8 Å². The molecule has 0 radical (unpaired) electrons. The molecule has 1 atom stereocenters. The lowest BCUT2D eigenvalue weighted by molar-refractivity contribution is -0.386. The number of nitro benzene ring substituents is 1. The maximum atomic E-state index is 10.9. The zero-order chi connectivity index (χ0) is 14.5. The van der Waals surface area contributed by atoms with Crippen molar-refractivity contribution in [3.8, 4) is 11.8 Å². The summed E-state index contributed by atoms with van der Waals surface area (Å²) in [5, 5.41) is 21.3. The molecule has 4 nitrogen and oxygen atoms in total. The Hall–Kier alpha value is -1.83. The predicted octanol–water partition coefficient (Wildman–Crippen LogP) is 3.79. The van der Waals surface area contributed by atoms with Gasteiger partial charge in [0, 0.05) is 11.1 Å². The van der Waals surface area contributed by atoms with Crippen LogP contribution in [0.4, 0.5) is 5.69 Å². The second kappa shape index (κ2) is 6.56. The smallest absolute Gasteiger partial charge is 0.276 e.